The minimum atomic E-state index is -0.599. The van der Waals surface area contributed by atoms with E-state index in [2.05, 4.69) is 22.9 Å². The first-order valence-electron chi connectivity index (χ1n) is 11.4. The number of nitrogens with zero attached hydrogens (tertiary/aromatic N) is 2. The fraction of sp³-hybridized carbons (Fsp3) is 0.480. The maximum atomic E-state index is 12.8. The lowest BCUT2D eigenvalue weighted by atomic mass is 10.0. The molecule has 3 aliphatic rings. The van der Waals surface area contributed by atoms with E-state index >= 15 is 0 Å². The van der Waals surface area contributed by atoms with Crippen LogP contribution in [0.1, 0.15) is 54.9 Å². The highest BCUT2D eigenvalue weighted by Crippen LogP contribution is 2.30. The van der Waals surface area contributed by atoms with Gasteiger partial charge in [-0.2, -0.15) is 0 Å². The highest BCUT2D eigenvalue weighted by atomic mass is 16.5. The summed E-state index contributed by atoms with van der Waals surface area (Å²) in [6, 6.07) is 5.27. The third-order valence-corrected chi connectivity index (χ3v) is 6.71. The fourth-order valence-electron chi connectivity index (χ4n) is 4.80. The highest BCUT2D eigenvalue weighted by Gasteiger charge is 2.39. The largest absolute Gasteiger partial charge is 0.492 e. The van der Waals surface area contributed by atoms with Gasteiger partial charge >= 0.3 is 0 Å². The first kappa shape index (κ1) is 22.3. The van der Waals surface area contributed by atoms with Crippen molar-refractivity contribution in [3.63, 3.8) is 0 Å². The number of allylic oxidation sites excluding steroid dienone is 1. The van der Waals surface area contributed by atoms with Crippen molar-refractivity contribution in [1.29, 1.82) is 0 Å². The number of nitrogens with one attached hydrogen (secondary N) is 1. The van der Waals surface area contributed by atoms with Gasteiger partial charge in [0.2, 0.25) is 11.8 Å². The van der Waals surface area contributed by atoms with Gasteiger partial charge in [-0.3, -0.25) is 24.6 Å². The lowest BCUT2D eigenvalue weighted by Gasteiger charge is -2.35. The van der Waals surface area contributed by atoms with Gasteiger partial charge in [-0.25, -0.2) is 0 Å². The van der Waals surface area contributed by atoms with Crippen LogP contribution >= 0.6 is 0 Å². The van der Waals surface area contributed by atoms with Gasteiger partial charge in [0, 0.05) is 31.1 Å². The Labute approximate surface area is 189 Å². The molecule has 7 nitrogen and oxygen atoms in total. The van der Waals surface area contributed by atoms with E-state index in [1.54, 1.807) is 11.0 Å². The molecule has 170 valence electrons. The molecule has 0 radical (unpaired) electrons. The predicted molar refractivity (Wildman–Crippen MR) is 121 cm³/mol. The van der Waals surface area contributed by atoms with Gasteiger partial charge in [-0.15, -0.1) is 0 Å². The van der Waals surface area contributed by atoms with Crippen LogP contribution in [0.2, 0.25) is 0 Å². The smallest absolute Gasteiger partial charge is 0.255 e. The molecule has 2 saturated heterocycles. The van der Waals surface area contributed by atoms with Crippen LogP contribution in [0.15, 0.2) is 42.5 Å². The van der Waals surface area contributed by atoms with Crippen molar-refractivity contribution in [3.05, 3.63) is 53.6 Å². The summed E-state index contributed by atoms with van der Waals surface area (Å²) in [6.45, 7) is 8.83. The van der Waals surface area contributed by atoms with Crippen LogP contribution in [-0.2, 0) is 16.1 Å². The summed E-state index contributed by atoms with van der Waals surface area (Å²) < 4.78 is 6.16. The third kappa shape index (κ3) is 4.63. The van der Waals surface area contributed by atoms with Crippen LogP contribution in [-0.4, -0.2) is 59.3 Å². The molecule has 3 amide bonds. The van der Waals surface area contributed by atoms with Gasteiger partial charge in [0.15, 0.2) is 0 Å². The number of imide groups is 1. The lowest BCUT2D eigenvalue weighted by molar-refractivity contribution is -0.136. The Hall–Kier alpha value is -2.93. The van der Waals surface area contributed by atoms with Crippen LogP contribution in [0.25, 0.3) is 0 Å². The monoisotopic (exact) mass is 437 g/mol. The molecular formula is C25H31N3O4. The second-order valence-electron chi connectivity index (χ2n) is 8.72. The van der Waals surface area contributed by atoms with Crippen molar-refractivity contribution in [2.24, 2.45) is 0 Å². The van der Waals surface area contributed by atoms with Crippen LogP contribution < -0.4 is 10.1 Å². The number of fused-ring (bicyclic) bond motifs is 1. The first-order chi connectivity index (χ1) is 15.5. The number of rotatable bonds is 7. The molecule has 1 aromatic rings. The van der Waals surface area contributed by atoms with Gasteiger partial charge < -0.3 is 9.64 Å². The van der Waals surface area contributed by atoms with E-state index in [-0.39, 0.29) is 18.2 Å². The van der Waals surface area contributed by atoms with Crippen molar-refractivity contribution in [1.82, 2.24) is 15.1 Å². The number of benzene rings is 1. The molecule has 0 aliphatic carbocycles. The van der Waals surface area contributed by atoms with E-state index in [0.29, 0.717) is 31.2 Å². The normalized spacial score (nSPS) is 24.3. The Morgan fingerprint density at radius 1 is 1.25 bits per heavy atom. The molecule has 0 spiro atoms. The Kier molecular flexibility index (Phi) is 6.74. The molecule has 32 heavy (non-hydrogen) atoms. The third-order valence-electron chi connectivity index (χ3n) is 6.71. The molecule has 7 heteroatoms. The van der Waals surface area contributed by atoms with E-state index in [0.717, 1.165) is 30.8 Å². The zero-order chi connectivity index (χ0) is 22.7. The number of hydrogen-bond donors (Lipinski definition) is 1. The van der Waals surface area contributed by atoms with Crippen molar-refractivity contribution in [2.75, 3.05) is 19.7 Å². The second-order valence-corrected chi connectivity index (χ2v) is 8.72. The molecule has 0 aromatic heterocycles. The molecule has 2 fully saturated rings. The van der Waals surface area contributed by atoms with Gasteiger partial charge in [-0.1, -0.05) is 25.2 Å². The molecule has 3 aliphatic heterocycles. The van der Waals surface area contributed by atoms with Crippen molar-refractivity contribution >= 4 is 17.7 Å². The van der Waals surface area contributed by atoms with Gasteiger partial charge in [-0.05, 0) is 62.1 Å². The standard InChI is InChI=1S/C25H31N3O4/c1-3-17(4-2)14-27-12-6-5-7-19(27)16-32-20-8-9-21-18(13-20)15-28(25(21)31)22-10-11-23(29)26-24(22)30/h3-4,8-9,13,19,22H,1,5-7,10-12,14-16H2,2H3,(H,26,29,30)/b17-4+. The minimum absolute atomic E-state index is 0.164. The van der Waals surface area contributed by atoms with Gasteiger partial charge in [0.05, 0.1) is 0 Å². The molecule has 4 rings (SSSR count). The summed E-state index contributed by atoms with van der Waals surface area (Å²) >= 11 is 0. The van der Waals surface area contributed by atoms with E-state index in [1.807, 2.05) is 25.1 Å². The summed E-state index contributed by atoms with van der Waals surface area (Å²) in [6.07, 6.45) is 8.13. The molecule has 0 bridgehead atoms. The summed E-state index contributed by atoms with van der Waals surface area (Å²) in [5.41, 5.74) is 2.69. The van der Waals surface area contributed by atoms with E-state index in [1.165, 1.54) is 18.4 Å². The Morgan fingerprint density at radius 2 is 2.09 bits per heavy atom. The van der Waals surface area contributed by atoms with Crippen LogP contribution in [0.5, 0.6) is 5.75 Å². The van der Waals surface area contributed by atoms with Crippen LogP contribution in [0.3, 0.4) is 0 Å². The first-order valence-corrected chi connectivity index (χ1v) is 11.4. The summed E-state index contributed by atoms with van der Waals surface area (Å²) in [5.74, 6) is -0.0984. The predicted octanol–water partition coefficient (Wildman–Crippen LogP) is 2.81. The second kappa shape index (κ2) is 9.69. The number of amides is 3. The number of piperidine rings is 2. The molecule has 3 heterocycles. The zero-order valence-corrected chi connectivity index (χ0v) is 18.6. The number of hydrogen-bond acceptors (Lipinski definition) is 5. The molecule has 0 saturated carbocycles. The lowest BCUT2D eigenvalue weighted by Crippen LogP contribution is -2.52. The van der Waals surface area contributed by atoms with E-state index in [4.69, 9.17) is 4.74 Å². The van der Waals surface area contributed by atoms with Crippen molar-refractivity contribution < 1.29 is 19.1 Å². The summed E-state index contributed by atoms with van der Waals surface area (Å²) in [5, 5.41) is 2.34. The molecule has 2 atom stereocenters. The SMILES string of the molecule is C=C/C(=C\C)CN1CCCCC1COc1ccc2c(c1)CN(C1CCC(=O)NC1=O)C2=O. The molecule has 2 unspecified atom stereocenters. The number of ether oxygens (including phenoxy) is 1. The number of likely N-dealkylation sites (tertiary alicyclic amines) is 1. The Morgan fingerprint density at radius 3 is 2.84 bits per heavy atom. The van der Waals surface area contributed by atoms with Gasteiger partial charge in [0.1, 0.15) is 18.4 Å². The van der Waals surface area contributed by atoms with E-state index in [9.17, 15) is 14.4 Å². The average molecular weight is 438 g/mol. The van der Waals surface area contributed by atoms with Crippen LogP contribution in [0.4, 0.5) is 0 Å². The maximum absolute atomic E-state index is 12.8. The van der Waals surface area contributed by atoms with E-state index < -0.39 is 11.9 Å². The Bertz CT molecular complexity index is 955. The quantitative estimate of drug-likeness (QED) is 0.524. The fourth-order valence-corrected chi connectivity index (χ4v) is 4.80. The zero-order valence-electron chi connectivity index (χ0n) is 18.6. The summed E-state index contributed by atoms with van der Waals surface area (Å²) in [7, 11) is 0. The van der Waals surface area contributed by atoms with Crippen molar-refractivity contribution in [2.45, 2.75) is 57.7 Å². The minimum Gasteiger partial charge on any atom is -0.492 e. The molecule has 1 aromatic carbocycles. The molecular weight excluding hydrogens is 406 g/mol. The van der Waals surface area contributed by atoms with Crippen LogP contribution in [0, 0.1) is 0 Å². The summed E-state index contributed by atoms with van der Waals surface area (Å²) in [4.78, 5) is 40.5. The molecule has 1 N–H and O–H groups in total. The van der Waals surface area contributed by atoms with Gasteiger partial charge in [0.25, 0.3) is 5.91 Å². The number of carbonyl (C=O) groups excluding carboxylic acids is 3. The average Bonchev–Trinajstić information content (AvgIpc) is 3.12. The maximum Gasteiger partial charge on any atom is 0.255 e. The highest BCUT2D eigenvalue weighted by molar-refractivity contribution is 6.05. The Balaban J connectivity index is 1.40. The number of carbonyl (C=O) groups is 3. The topological polar surface area (TPSA) is 79.0 Å². The van der Waals surface area contributed by atoms with Crippen molar-refractivity contribution in [3.8, 4) is 5.75 Å².